The Kier molecular flexibility index (Phi) is 5.27. The molecule has 0 unspecified atom stereocenters. The summed E-state index contributed by atoms with van der Waals surface area (Å²) in [7, 11) is 0. The van der Waals surface area contributed by atoms with Crippen molar-refractivity contribution in [1.82, 2.24) is 15.5 Å². The van der Waals surface area contributed by atoms with E-state index in [0.717, 1.165) is 37.6 Å². The molecule has 5 nitrogen and oxygen atoms in total. The lowest BCUT2D eigenvalue weighted by molar-refractivity contribution is 0.312. The summed E-state index contributed by atoms with van der Waals surface area (Å²) in [6.07, 6.45) is 8.92. The maximum atomic E-state index is 5.31. The normalized spacial score (nSPS) is 22.1. The van der Waals surface area contributed by atoms with Crippen molar-refractivity contribution >= 4 is 6.21 Å². The molecule has 1 saturated heterocycles. The van der Waals surface area contributed by atoms with Crippen molar-refractivity contribution in [3.05, 3.63) is 24.0 Å². The highest BCUT2D eigenvalue weighted by molar-refractivity contribution is 5.78. The van der Waals surface area contributed by atoms with Crippen LogP contribution in [0.1, 0.15) is 25.7 Å². The van der Waals surface area contributed by atoms with Crippen molar-refractivity contribution in [1.29, 1.82) is 0 Å². The second-order valence-corrected chi connectivity index (χ2v) is 5.24. The average molecular weight is 263 g/mol. The van der Waals surface area contributed by atoms with Crippen LogP contribution in [0.2, 0.25) is 0 Å². The predicted octanol–water partition coefficient (Wildman–Crippen LogP) is 0.766. The van der Waals surface area contributed by atoms with Gasteiger partial charge in [-0.05, 0) is 18.9 Å². The van der Waals surface area contributed by atoms with E-state index >= 15 is 0 Å². The third-order valence-electron chi connectivity index (χ3n) is 3.76. The highest BCUT2D eigenvalue weighted by atomic mass is 15.2. The summed E-state index contributed by atoms with van der Waals surface area (Å²) in [5.74, 6) is 5.31. The van der Waals surface area contributed by atoms with Crippen LogP contribution >= 0.6 is 0 Å². The minimum Gasteiger partial charge on any atom is -0.383 e. The fourth-order valence-corrected chi connectivity index (χ4v) is 2.76. The molecule has 2 aliphatic rings. The van der Waals surface area contributed by atoms with Crippen LogP contribution in [0.4, 0.5) is 0 Å². The Morgan fingerprint density at radius 2 is 2.00 bits per heavy atom. The number of hydrogen-bond acceptors (Lipinski definition) is 5. The minimum absolute atomic E-state index is 0.586. The van der Waals surface area contributed by atoms with Gasteiger partial charge in [-0.1, -0.05) is 19.4 Å². The number of nitrogens with zero attached hydrogens (tertiary/aromatic N) is 2. The zero-order chi connectivity index (χ0) is 13.5. The van der Waals surface area contributed by atoms with Gasteiger partial charge in [-0.2, -0.15) is 5.10 Å². The van der Waals surface area contributed by atoms with E-state index in [1.165, 1.54) is 25.7 Å². The summed E-state index contributed by atoms with van der Waals surface area (Å²) >= 11 is 0. The first-order chi connectivity index (χ1) is 9.29. The third kappa shape index (κ3) is 4.28. The van der Waals surface area contributed by atoms with Gasteiger partial charge in [-0.25, -0.2) is 0 Å². The Bertz CT molecular complexity index is 349. The van der Waals surface area contributed by atoms with E-state index in [9.17, 15) is 0 Å². The Morgan fingerprint density at radius 3 is 2.63 bits per heavy atom. The topological polar surface area (TPSA) is 65.7 Å². The molecular formula is C14H25N5. The second kappa shape index (κ2) is 7.19. The van der Waals surface area contributed by atoms with Crippen molar-refractivity contribution < 1.29 is 0 Å². The van der Waals surface area contributed by atoms with Crippen LogP contribution in [0.25, 0.3) is 0 Å². The molecule has 2 fully saturated rings. The van der Waals surface area contributed by atoms with Gasteiger partial charge < -0.3 is 21.4 Å². The Morgan fingerprint density at radius 1 is 1.32 bits per heavy atom. The zero-order valence-corrected chi connectivity index (χ0v) is 11.6. The molecule has 1 saturated carbocycles. The first kappa shape index (κ1) is 13.9. The second-order valence-electron chi connectivity index (χ2n) is 5.24. The average Bonchev–Trinajstić information content (AvgIpc) is 2.92. The van der Waals surface area contributed by atoms with Crippen LogP contribution in [0.3, 0.4) is 0 Å². The van der Waals surface area contributed by atoms with Crippen LogP contribution in [0.15, 0.2) is 29.2 Å². The lowest BCUT2D eigenvalue weighted by Gasteiger charge is -2.30. The van der Waals surface area contributed by atoms with E-state index in [-0.39, 0.29) is 0 Å². The molecule has 0 amide bonds. The Balaban J connectivity index is 1.95. The lowest BCUT2D eigenvalue weighted by Crippen LogP contribution is -2.43. The zero-order valence-electron chi connectivity index (χ0n) is 11.6. The van der Waals surface area contributed by atoms with E-state index in [1.54, 1.807) is 6.21 Å². The van der Waals surface area contributed by atoms with E-state index in [4.69, 9.17) is 5.84 Å². The fourth-order valence-electron chi connectivity index (χ4n) is 2.76. The Labute approximate surface area is 115 Å². The number of nitrogens with one attached hydrogen (secondary N) is 2. The summed E-state index contributed by atoms with van der Waals surface area (Å²) in [4.78, 5) is 2.29. The highest BCUT2D eigenvalue weighted by Crippen LogP contribution is 2.19. The molecule has 2 rings (SSSR count). The number of rotatable bonds is 5. The molecule has 1 aliphatic heterocycles. The molecule has 4 N–H and O–H groups in total. The van der Waals surface area contributed by atoms with Crippen molar-refractivity contribution in [2.45, 2.75) is 31.7 Å². The van der Waals surface area contributed by atoms with Crippen LogP contribution in [-0.2, 0) is 0 Å². The number of nitrogens with two attached hydrogens (primary N) is 1. The summed E-state index contributed by atoms with van der Waals surface area (Å²) in [6, 6.07) is 0.586. The van der Waals surface area contributed by atoms with E-state index in [1.807, 2.05) is 0 Å². The van der Waals surface area contributed by atoms with Crippen LogP contribution in [0.5, 0.6) is 0 Å². The quantitative estimate of drug-likeness (QED) is 0.297. The first-order valence-corrected chi connectivity index (χ1v) is 7.15. The van der Waals surface area contributed by atoms with Gasteiger partial charge >= 0.3 is 0 Å². The molecule has 0 spiro atoms. The van der Waals surface area contributed by atoms with Crippen LogP contribution in [-0.4, -0.2) is 43.3 Å². The van der Waals surface area contributed by atoms with Gasteiger partial charge in [0, 0.05) is 37.9 Å². The fraction of sp³-hybridized carbons (Fsp3) is 0.643. The van der Waals surface area contributed by atoms with Gasteiger partial charge in [0.1, 0.15) is 0 Å². The maximum Gasteiger partial charge on any atom is 0.0700 e. The van der Waals surface area contributed by atoms with Crippen LogP contribution in [0, 0.1) is 0 Å². The van der Waals surface area contributed by atoms with Crippen molar-refractivity contribution in [2.75, 3.05) is 26.2 Å². The molecule has 0 radical (unpaired) electrons. The molecular weight excluding hydrogens is 238 g/mol. The lowest BCUT2D eigenvalue weighted by atomic mass is 10.2. The molecule has 5 heteroatoms. The van der Waals surface area contributed by atoms with Gasteiger partial charge in [-0.15, -0.1) is 0 Å². The third-order valence-corrected chi connectivity index (χ3v) is 3.76. The van der Waals surface area contributed by atoms with Gasteiger partial charge in [0.25, 0.3) is 0 Å². The molecule has 0 aromatic carbocycles. The van der Waals surface area contributed by atoms with Gasteiger partial charge in [0.05, 0.1) is 11.9 Å². The van der Waals surface area contributed by atoms with E-state index in [0.29, 0.717) is 6.04 Å². The number of piperazine rings is 1. The maximum absolute atomic E-state index is 5.31. The van der Waals surface area contributed by atoms with Gasteiger partial charge in [-0.3, -0.25) is 0 Å². The van der Waals surface area contributed by atoms with Gasteiger partial charge in [0.2, 0.25) is 0 Å². The number of hydrogen-bond donors (Lipinski definition) is 3. The standard InChI is InChI=1S/C14H25N5/c1-12(18-13-4-2-3-5-13)10-14(11-17-15)19-8-6-16-7-9-19/h10-11,13,16,18H,1-9,15H2/b14-10+,17-11-. The smallest absolute Gasteiger partial charge is 0.0700 e. The predicted molar refractivity (Wildman–Crippen MR) is 79.7 cm³/mol. The van der Waals surface area contributed by atoms with Crippen molar-refractivity contribution in [2.24, 2.45) is 10.9 Å². The van der Waals surface area contributed by atoms with E-state index in [2.05, 4.69) is 33.3 Å². The first-order valence-electron chi connectivity index (χ1n) is 7.15. The largest absolute Gasteiger partial charge is 0.383 e. The van der Waals surface area contributed by atoms with Crippen molar-refractivity contribution in [3.63, 3.8) is 0 Å². The molecule has 0 aromatic rings. The minimum atomic E-state index is 0.586. The SMILES string of the molecule is C=C(/C=C(\C=N/N)N1CCNCC1)NC1CCCC1. The van der Waals surface area contributed by atoms with Crippen molar-refractivity contribution in [3.8, 4) is 0 Å². The monoisotopic (exact) mass is 263 g/mol. The molecule has 0 aromatic heterocycles. The molecule has 1 heterocycles. The van der Waals surface area contributed by atoms with Crippen LogP contribution < -0.4 is 16.5 Å². The molecule has 1 aliphatic carbocycles. The summed E-state index contributed by atoms with van der Waals surface area (Å²) in [6.45, 7) is 8.06. The molecule has 19 heavy (non-hydrogen) atoms. The molecule has 0 atom stereocenters. The summed E-state index contributed by atoms with van der Waals surface area (Å²) in [5.41, 5.74) is 2.00. The summed E-state index contributed by atoms with van der Waals surface area (Å²) < 4.78 is 0. The van der Waals surface area contributed by atoms with Gasteiger partial charge in [0.15, 0.2) is 0 Å². The van der Waals surface area contributed by atoms with E-state index < -0.39 is 0 Å². The Hall–Kier alpha value is -1.49. The highest BCUT2D eigenvalue weighted by Gasteiger charge is 2.15. The molecule has 0 bridgehead atoms. The number of hydrazone groups is 1. The summed E-state index contributed by atoms with van der Waals surface area (Å²) in [5, 5.41) is 10.5. The molecule has 106 valence electrons. The number of allylic oxidation sites excluding steroid dienone is 2.